The third kappa shape index (κ3) is 2.61. The molecule has 0 aliphatic heterocycles. The van der Waals surface area contributed by atoms with E-state index in [4.69, 9.17) is 10.0 Å². The molecule has 0 aromatic heterocycles. The maximum atomic E-state index is 12.9. The fourth-order valence-electron chi connectivity index (χ4n) is 0.887. The van der Waals surface area contributed by atoms with Crippen LogP contribution in [0.5, 0.6) is 0 Å². The molecule has 0 unspecified atom stereocenters. The lowest BCUT2D eigenvalue weighted by molar-refractivity contribution is 0.424. The van der Waals surface area contributed by atoms with Gasteiger partial charge in [0.1, 0.15) is 5.82 Å². The normalized spacial score (nSPS) is 10.9. The zero-order chi connectivity index (χ0) is 10.7. The van der Waals surface area contributed by atoms with Crippen LogP contribution in [0.2, 0.25) is 0 Å². The van der Waals surface area contributed by atoms with E-state index in [0.717, 1.165) is 18.1 Å². The third-order valence-electron chi connectivity index (χ3n) is 1.47. The molecule has 0 aliphatic carbocycles. The minimum atomic E-state index is -1.79. The van der Waals surface area contributed by atoms with Crippen LogP contribution in [0.3, 0.4) is 0 Å². The lowest BCUT2D eigenvalue weighted by atomic mass is 9.90. The van der Waals surface area contributed by atoms with E-state index in [1.807, 2.05) is 0 Å². The molecular formula is C8H6BF3O2. The van der Waals surface area contributed by atoms with E-state index in [9.17, 15) is 13.2 Å². The molecule has 0 fully saturated rings. The summed E-state index contributed by atoms with van der Waals surface area (Å²) in [6.45, 7) is 0. The summed E-state index contributed by atoms with van der Waals surface area (Å²) in [5.41, 5.74) is -0.379. The highest BCUT2D eigenvalue weighted by Gasteiger charge is 2.09. The molecule has 14 heavy (non-hydrogen) atoms. The quantitative estimate of drug-likeness (QED) is 0.557. The summed E-state index contributed by atoms with van der Waals surface area (Å²) in [5.74, 6) is -2.70. The van der Waals surface area contributed by atoms with Crippen molar-refractivity contribution in [3.63, 3.8) is 0 Å². The first-order valence-corrected chi connectivity index (χ1v) is 3.69. The Morgan fingerprint density at radius 1 is 1.14 bits per heavy atom. The molecule has 6 heteroatoms. The van der Waals surface area contributed by atoms with E-state index in [2.05, 4.69) is 0 Å². The topological polar surface area (TPSA) is 40.5 Å². The Labute approximate surface area is 78.4 Å². The maximum Gasteiger partial charge on any atom is 0.480 e. The van der Waals surface area contributed by atoms with E-state index in [0.29, 0.717) is 6.07 Å². The van der Waals surface area contributed by atoms with Gasteiger partial charge in [-0.3, -0.25) is 0 Å². The number of rotatable bonds is 2. The summed E-state index contributed by atoms with van der Waals surface area (Å²) in [6, 6.07) is 1.15. The predicted molar refractivity (Wildman–Crippen MR) is 45.5 cm³/mol. The van der Waals surface area contributed by atoms with Crippen molar-refractivity contribution in [1.29, 1.82) is 0 Å². The minimum Gasteiger partial charge on any atom is -0.424 e. The Bertz CT molecular complexity index is 366. The molecule has 0 heterocycles. The molecule has 2 N–H and O–H groups in total. The van der Waals surface area contributed by atoms with Crippen LogP contribution in [0, 0.1) is 17.5 Å². The van der Waals surface area contributed by atoms with Crippen LogP contribution in [-0.2, 0) is 0 Å². The summed E-state index contributed by atoms with van der Waals surface area (Å²) < 4.78 is 38.0. The highest BCUT2D eigenvalue weighted by atomic mass is 19.2. The van der Waals surface area contributed by atoms with Crippen LogP contribution >= 0.6 is 0 Å². The van der Waals surface area contributed by atoms with Gasteiger partial charge in [-0.2, -0.15) is 0 Å². The Hall–Kier alpha value is -1.27. The zero-order valence-electron chi connectivity index (χ0n) is 6.92. The molecule has 2 nitrogen and oxygen atoms in total. The van der Waals surface area contributed by atoms with Gasteiger partial charge in [0, 0.05) is 11.6 Å². The first kappa shape index (κ1) is 10.8. The summed E-state index contributed by atoms with van der Waals surface area (Å²) in [4.78, 5) is 0. The van der Waals surface area contributed by atoms with Gasteiger partial charge in [0.05, 0.1) is 0 Å². The van der Waals surface area contributed by atoms with Crippen LogP contribution in [0.15, 0.2) is 18.1 Å². The van der Waals surface area contributed by atoms with Crippen molar-refractivity contribution in [2.75, 3.05) is 0 Å². The second-order valence-electron chi connectivity index (χ2n) is 2.56. The fraction of sp³-hybridized carbons (Fsp3) is 0. The molecule has 1 rings (SSSR count). The summed E-state index contributed by atoms with van der Waals surface area (Å²) >= 11 is 0. The Kier molecular flexibility index (Phi) is 3.32. The van der Waals surface area contributed by atoms with Crippen molar-refractivity contribution in [2.24, 2.45) is 0 Å². The first-order valence-electron chi connectivity index (χ1n) is 3.69. The van der Waals surface area contributed by atoms with E-state index in [-0.39, 0.29) is 5.56 Å². The van der Waals surface area contributed by atoms with E-state index in [1.165, 1.54) is 0 Å². The van der Waals surface area contributed by atoms with E-state index < -0.39 is 24.6 Å². The molecule has 0 spiro atoms. The summed E-state index contributed by atoms with van der Waals surface area (Å²) in [6.07, 6.45) is 0.881. The van der Waals surface area contributed by atoms with Crippen molar-refractivity contribution < 1.29 is 23.2 Å². The molecule has 0 radical (unpaired) electrons. The second kappa shape index (κ2) is 4.30. The van der Waals surface area contributed by atoms with Gasteiger partial charge in [0.2, 0.25) is 0 Å². The molecule has 0 bridgehead atoms. The molecular weight excluding hydrogens is 196 g/mol. The van der Waals surface area contributed by atoms with Gasteiger partial charge >= 0.3 is 7.12 Å². The number of hydrogen-bond donors (Lipinski definition) is 2. The lowest BCUT2D eigenvalue weighted by Crippen LogP contribution is -2.05. The van der Waals surface area contributed by atoms with Gasteiger partial charge in [-0.25, -0.2) is 13.2 Å². The van der Waals surface area contributed by atoms with Crippen LogP contribution in [0.25, 0.3) is 6.08 Å². The van der Waals surface area contributed by atoms with Gasteiger partial charge in [0.15, 0.2) is 11.6 Å². The van der Waals surface area contributed by atoms with Gasteiger partial charge in [-0.05, 0) is 6.07 Å². The van der Waals surface area contributed by atoms with Crippen molar-refractivity contribution in [3.05, 3.63) is 41.1 Å². The zero-order valence-corrected chi connectivity index (χ0v) is 6.92. The average molecular weight is 202 g/mol. The smallest absolute Gasteiger partial charge is 0.424 e. The highest BCUT2D eigenvalue weighted by molar-refractivity contribution is 6.48. The first-order chi connectivity index (χ1) is 6.50. The molecule has 0 saturated carbocycles. The van der Waals surface area contributed by atoms with Crippen LogP contribution < -0.4 is 0 Å². The Morgan fingerprint density at radius 3 is 2.36 bits per heavy atom. The van der Waals surface area contributed by atoms with Crippen molar-refractivity contribution >= 4 is 13.2 Å². The third-order valence-corrected chi connectivity index (χ3v) is 1.47. The molecule has 1 aromatic rings. The fourth-order valence-corrected chi connectivity index (χ4v) is 0.887. The van der Waals surface area contributed by atoms with Crippen molar-refractivity contribution in [1.82, 2.24) is 0 Å². The van der Waals surface area contributed by atoms with Gasteiger partial charge in [0.25, 0.3) is 0 Å². The predicted octanol–water partition coefficient (Wildman–Crippen LogP) is 1.13. The van der Waals surface area contributed by atoms with Gasteiger partial charge in [-0.1, -0.05) is 12.1 Å². The number of hydrogen-bond acceptors (Lipinski definition) is 2. The lowest BCUT2D eigenvalue weighted by Gasteiger charge is -1.98. The van der Waals surface area contributed by atoms with Crippen LogP contribution in [0.1, 0.15) is 5.56 Å². The monoisotopic (exact) mass is 202 g/mol. The molecule has 0 amide bonds. The molecule has 0 saturated heterocycles. The number of benzene rings is 1. The van der Waals surface area contributed by atoms with Crippen molar-refractivity contribution in [3.8, 4) is 0 Å². The van der Waals surface area contributed by atoms with E-state index >= 15 is 0 Å². The van der Waals surface area contributed by atoms with Gasteiger partial charge < -0.3 is 10.0 Å². The van der Waals surface area contributed by atoms with Gasteiger partial charge in [-0.15, -0.1) is 0 Å². The molecule has 74 valence electrons. The number of halogens is 3. The van der Waals surface area contributed by atoms with Crippen molar-refractivity contribution in [2.45, 2.75) is 0 Å². The molecule has 0 atom stereocenters. The average Bonchev–Trinajstić information content (AvgIpc) is 2.08. The highest BCUT2D eigenvalue weighted by Crippen LogP contribution is 2.15. The van der Waals surface area contributed by atoms with E-state index in [1.54, 1.807) is 0 Å². The largest absolute Gasteiger partial charge is 0.480 e. The van der Waals surface area contributed by atoms with Crippen LogP contribution in [-0.4, -0.2) is 17.2 Å². The molecule has 1 aromatic carbocycles. The standard InChI is InChI=1S/C8H6BF3O2/c10-6-3-5(1-2-9(13)14)8(12)7(11)4-6/h1-4,13-14H/b2-1+. The minimum absolute atomic E-state index is 0.379. The second-order valence-corrected chi connectivity index (χ2v) is 2.56. The summed E-state index contributed by atoms with van der Waals surface area (Å²) in [5, 5.41) is 16.8. The summed E-state index contributed by atoms with van der Waals surface area (Å²) in [7, 11) is -1.79. The molecule has 0 aliphatic rings. The SMILES string of the molecule is OB(O)/C=C/c1cc(F)cc(F)c1F. The Balaban J connectivity index is 3.08. The maximum absolute atomic E-state index is 12.9. The Morgan fingerprint density at radius 2 is 1.79 bits per heavy atom. The van der Waals surface area contributed by atoms with Crippen LogP contribution in [0.4, 0.5) is 13.2 Å².